The number of nitrogens with zero attached hydrogens (tertiary/aromatic N) is 2. The summed E-state index contributed by atoms with van der Waals surface area (Å²) in [4.78, 5) is 15.1. The fourth-order valence-corrected chi connectivity index (χ4v) is 3.73. The van der Waals surface area contributed by atoms with Gasteiger partial charge in [0.15, 0.2) is 0 Å². The minimum absolute atomic E-state index is 0.0985. The number of aromatic nitrogens is 2. The molecular formula is C22H25N3O2. The van der Waals surface area contributed by atoms with Crippen LogP contribution < -0.4 is 0 Å². The van der Waals surface area contributed by atoms with Crippen LogP contribution in [-0.2, 0) is 22.5 Å². The standard InChI is InChI=1S/C22H25N3O2/c1-16-6-4-7-17(12-16)14-25(15-18-8-5-11-27-18)22(26)13-21-19-9-2-3-10-20(19)23-24-21/h2-4,6-7,9-10,12,18H,5,8,11,13-15H2,1H3,(H,23,24). The molecule has 5 nitrogen and oxygen atoms in total. The second kappa shape index (κ2) is 7.92. The molecule has 0 spiro atoms. The number of H-pyrrole nitrogens is 1. The molecule has 4 rings (SSSR count). The number of hydrogen-bond acceptors (Lipinski definition) is 3. The van der Waals surface area contributed by atoms with Crippen molar-refractivity contribution >= 4 is 16.8 Å². The van der Waals surface area contributed by atoms with Crippen LogP contribution in [0.2, 0.25) is 0 Å². The molecule has 1 aromatic heterocycles. The molecule has 1 saturated heterocycles. The maximum absolute atomic E-state index is 13.2. The van der Waals surface area contributed by atoms with Crippen molar-refractivity contribution in [2.45, 2.75) is 38.8 Å². The molecule has 1 aliphatic heterocycles. The number of aryl methyl sites for hydroxylation is 1. The number of carbonyl (C=O) groups excluding carboxylic acids is 1. The molecule has 0 saturated carbocycles. The van der Waals surface area contributed by atoms with Gasteiger partial charge in [-0.05, 0) is 31.4 Å². The molecule has 0 bridgehead atoms. The van der Waals surface area contributed by atoms with Crippen LogP contribution in [0.1, 0.15) is 29.7 Å². The van der Waals surface area contributed by atoms with E-state index in [0.29, 0.717) is 19.5 Å². The summed E-state index contributed by atoms with van der Waals surface area (Å²) < 4.78 is 5.79. The number of ether oxygens (including phenoxy) is 1. The van der Waals surface area contributed by atoms with E-state index in [0.717, 1.165) is 41.6 Å². The number of hydrogen-bond donors (Lipinski definition) is 1. The Bertz CT molecular complexity index is 928. The molecule has 2 heterocycles. The van der Waals surface area contributed by atoms with Crippen molar-refractivity contribution < 1.29 is 9.53 Å². The maximum Gasteiger partial charge on any atom is 0.228 e. The number of rotatable bonds is 6. The van der Waals surface area contributed by atoms with Crippen molar-refractivity contribution in [3.05, 3.63) is 65.4 Å². The van der Waals surface area contributed by atoms with Gasteiger partial charge in [0.05, 0.1) is 23.7 Å². The van der Waals surface area contributed by atoms with E-state index < -0.39 is 0 Å². The first-order valence-corrected chi connectivity index (χ1v) is 9.56. The van der Waals surface area contributed by atoms with Gasteiger partial charge >= 0.3 is 0 Å². The summed E-state index contributed by atoms with van der Waals surface area (Å²) in [6.07, 6.45) is 2.55. The predicted molar refractivity (Wildman–Crippen MR) is 105 cm³/mol. The van der Waals surface area contributed by atoms with E-state index in [2.05, 4.69) is 35.3 Å². The van der Waals surface area contributed by atoms with Gasteiger partial charge in [0.25, 0.3) is 0 Å². The highest BCUT2D eigenvalue weighted by atomic mass is 16.5. The van der Waals surface area contributed by atoms with Crippen LogP contribution in [0.5, 0.6) is 0 Å². The van der Waals surface area contributed by atoms with E-state index in [9.17, 15) is 4.79 Å². The molecule has 140 valence electrons. The smallest absolute Gasteiger partial charge is 0.228 e. The van der Waals surface area contributed by atoms with Crippen molar-refractivity contribution in [1.29, 1.82) is 0 Å². The van der Waals surface area contributed by atoms with E-state index >= 15 is 0 Å². The van der Waals surface area contributed by atoms with E-state index in [-0.39, 0.29) is 12.0 Å². The van der Waals surface area contributed by atoms with Gasteiger partial charge in [-0.15, -0.1) is 0 Å². The summed E-state index contributed by atoms with van der Waals surface area (Å²) in [5.74, 6) is 0.0985. The zero-order valence-corrected chi connectivity index (χ0v) is 15.6. The van der Waals surface area contributed by atoms with Gasteiger partial charge in [0, 0.05) is 25.1 Å². The van der Waals surface area contributed by atoms with Crippen LogP contribution in [0.25, 0.3) is 10.9 Å². The second-order valence-electron chi connectivity index (χ2n) is 7.29. The minimum Gasteiger partial charge on any atom is -0.376 e. The lowest BCUT2D eigenvalue weighted by Gasteiger charge is -2.26. The average Bonchev–Trinajstić information content (AvgIpc) is 3.32. The average molecular weight is 363 g/mol. The Morgan fingerprint density at radius 3 is 2.96 bits per heavy atom. The van der Waals surface area contributed by atoms with Gasteiger partial charge in [0.2, 0.25) is 5.91 Å². The molecule has 2 aromatic carbocycles. The summed E-state index contributed by atoms with van der Waals surface area (Å²) in [5, 5.41) is 8.36. The number of amides is 1. The number of nitrogens with one attached hydrogen (secondary N) is 1. The molecule has 1 fully saturated rings. The number of benzene rings is 2. The number of para-hydroxylation sites is 1. The Morgan fingerprint density at radius 1 is 1.26 bits per heavy atom. The zero-order chi connectivity index (χ0) is 18.6. The third kappa shape index (κ3) is 4.19. The van der Waals surface area contributed by atoms with Crippen LogP contribution >= 0.6 is 0 Å². The summed E-state index contributed by atoms with van der Waals surface area (Å²) in [7, 11) is 0. The van der Waals surface area contributed by atoms with Gasteiger partial charge in [-0.2, -0.15) is 5.10 Å². The van der Waals surface area contributed by atoms with Gasteiger partial charge in [0.1, 0.15) is 0 Å². The van der Waals surface area contributed by atoms with Gasteiger partial charge in [-0.25, -0.2) is 0 Å². The van der Waals surface area contributed by atoms with Gasteiger partial charge < -0.3 is 9.64 Å². The van der Waals surface area contributed by atoms with E-state index in [1.807, 2.05) is 35.2 Å². The number of carbonyl (C=O) groups is 1. The van der Waals surface area contributed by atoms with Crippen molar-refractivity contribution in [2.24, 2.45) is 0 Å². The van der Waals surface area contributed by atoms with Crippen LogP contribution in [0.3, 0.4) is 0 Å². The molecule has 0 radical (unpaired) electrons. The van der Waals surface area contributed by atoms with Crippen molar-refractivity contribution in [2.75, 3.05) is 13.2 Å². The third-order valence-electron chi connectivity index (χ3n) is 5.13. The fraction of sp³-hybridized carbons (Fsp3) is 0.364. The first-order chi connectivity index (χ1) is 13.2. The van der Waals surface area contributed by atoms with Crippen LogP contribution in [0.4, 0.5) is 0 Å². The van der Waals surface area contributed by atoms with Crippen molar-refractivity contribution in [3.8, 4) is 0 Å². The lowest BCUT2D eigenvalue weighted by Crippen LogP contribution is -2.38. The minimum atomic E-state index is 0.0985. The highest BCUT2D eigenvalue weighted by Gasteiger charge is 2.23. The van der Waals surface area contributed by atoms with Crippen molar-refractivity contribution in [1.82, 2.24) is 15.1 Å². The fourth-order valence-electron chi connectivity index (χ4n) is 3.73. The molecule has 1 amide bonds. The van der Waals surface area contributed by atoms with E-state index in [1.165, 1.54) is 5.56 Å². The van der Waals surface area contributed by atoms with E-state index in [4.69, 9.17) is 4.74 Å². The van der Waals surface area contributed by atoms with E-state index in [1.54, 1.807) is 0 Å². The molecule has 1 aliphatic rings. The van der Waals surface area contributed by atoms with Crippen molar-refractivity contribution in [3.63, 3.8) is 0 Å². The molecule has 27 heavy (non-hydrogen) atoms. The topological polar surface area (TPSA) is 58.2 Å². The quantitative estimate of drug-likeness (QED) is 0.728. The molecule has 1 N–H and O–H groups in total. The summed E-state index contributed by atoms with van der Waals surface area (Å²) in [6, 6.07) is 16.2. The highest BCUT2D eigenvalue weighted by molar-refractivity contribution is 5.87. The Balaban J connectivity index is 1.53. The predicted octanol–water partition coefficient (Wildman–Crippen LogP) is 3.62. The van der Waals surface area contributed by atoms with Gasteiger partial charge in [-0.3, -0.25) is 9.89 Å². The highest BCUT2D eigenvalue weighted by Crippen LogP contribution is 2.19. The summed E-state index contributed by atoms with van der Waals surface area (Å²) in [5.41, 5.74) is 4.12. The Kier molecular flexibility index (Phi) is 5.21. The molecule has 1 atom stereocenters. The zero-order valence-electron chi connectivity index (χ0n) is 15.6. The molecule has 5 heteroatoms. The summed E-state index contributed by atoms with van der Waals surface area (Å²) >= 11 is 0. The monoisotopic (exact) mass is 363 g/mol. The first-order valence-electron chi connectivity index (χ1n) is 9.56. The molecule has 3 aromatic rings. The largest absolute Gasteiger partial charge is 0.376 e. The maximum atomic E-state index is 13.2. The third-order valence-corrected chi connectivity index (χ3v) is 5.13. The molecule has 1 unspecified atom stereocenters. The summed E-state index contributed by atoms with van der Waals surface area (Å²) in [6.45, 7) is 4.11. The number of fused-ring (bicyclic) bond motifs is 1. The Labute approximate surface area is 159 Å². The second-order valence-corrected chi connectivity index (χ2v) is 7.29. The number of aromatic amines is 1. The normalized spacial score (nSPS) is 16.7. The Morgan fingerprint density at radius 2 is 2.15 bits per heavy atom. The van der Waals surface area contributed by atoms with Crippen LogP contribution in [0, 0.1) is 6.92 Å². The first kappa shape index (κ1) is 17.7. The van der Waals surface area contributed by atoms with Gasteiger partial charge in [-0.1, -0.05) is 48.0 Å². The SMILES string of the molecule is Cc1cccc(CN(CC2CCCO2)C(=O)Cc2[nH]nc3ccccc23)c1. The molecular weight excluding hydrogens is 338 g/mol. The van der Waals surface area contributed by atoms with Crippen LogP contribution in [-0.4, -0.2) is 40.3 Å². The lowest BCUT2D eigenvalue weighted by molar-refractivity contribution is -0.132. The lowest BCUT2D eigenvalue weighted by atomic mass is 10.1. The molecule has 0 aliphatic carbocycles. The van der Waals surface area contributed by atoms with Crippen LogP contribution in [0.15, 0.2) is 48.5 Å². The Hall–Kier alpha value is -2.66.